The molecule has 0 radical (unpaired) electrons. The van der Waals surface area contributed by atoms with E-state index in [2.05, 4.69) is 27.3 Å². The zero-order valence-corrected chi connectivity index (χ0v) is 23.6. The fourth-order valence-corrected chi connectivity index (χ4v) is 7.53. The molecule has 1 aliphatic carbocycles. The number of hydrogen-bond acceptors (Lipinski definition) is 7. The smallest absolute Gasteiger partial charge is 0.344 e. The van der Waals surface area contributed by atoms with Crippen LogP contribution in [-0.4, -0.2) is 68.9 Å². The Bertz CT molecular complexity index is 1310. The van der Waals surface area contributed by atoms with Crippen LogP contribution in [-0.2, 0) is 14.4 Å². The number of hydrogen-bond donors (Lipinski definition) is 2. The van der Waals surface area contributed by atoms with Gasteiger partial charge in [-0.1, -0.05) is 56.3 Å². The first-order valence-electron chi connectivity index (χ1n) is 14.8. The zero-order valence-electron chi connectivity index (χ0n) is 23.6. The molecule has 40 heavy (non-hydrogen) atoms. The number of amides is 1. The number of piperidine rings is 2. The van der Waals surface area contributed by atoms with Crippen LogP contribution >= 0.6 is 0 Å². The van der Waals surface area contributed by atoms with Crippen molar-refractivity contribution in [1.82, 2.24) is 19.8 Å². The zero-order chi connectivity index (χ0) is 28.2. The van der Waals surface area contributed by atoms with E-state index in [1.54, 1.807) is 0 Å². The van der Waals surface area contributed by atoms with Gasteiger partial charge in [-0.2, -0.15) is 0 Å². The van der Waals surface area contributed by atoms with Gasteiger partial charge in [0.1, 0.15) is 0 Å². The number of fused-ring (bicyclic) bond motifs is 3. The Kier molecular flexibility index (Phi) is 8.83. The maximum Gasteiger partial charge on any atom is 0.344 e. The molecule has 3 aliphatic rings. The number of rotatable bonds is 9. The highest BCUT2D eigenvalue weighted by atomic mass is 16.6. The molecule has 10 heteroatoms. The van der Waals surface area contributed by atoms with E-state index in [9.17, 15) is 14.4 Å². The van der Waals surface area contributed by atoms with E-state index in [0.717, 1.165) is 37.1 Å². The molecular weight excluding hydrogens is 510 g/mol. The van der Waals surface area contributed by atoms with Crippen LogP contribution in [0, 0.1) is 5.92 Å². The average molecular weight is 552 g/mol. The molecule has 2 aliphatic heterocycles. The molecule has 1 aromatic carbocycles. The molecule has 2 unspecified atom stereocenters. The second-order valence-corrected chi connectivity index (χ2v) is 11.6. The number of oxime groups is 1. The third-order valence-corrected chi connectivity index (χ3v) is 9.05. The summed E-state index contributed by atoms with van der Waals surface area (Å²) in [4.78, 5) is 50.1. The van der Waals surface area contributed by atoms with Crippen LogP contribution in [0.4, 0.5) is 0 Å². The number of para-hydroxylation sites is 2. The van der Waals surface area contributed by atoms with Gasteiger partial charge in [0, 0.05) is 31.2 Å². The molecule has 216 valence electrons. The van der Waals surface area contributed by atoms with Crippen LogP contribution in [0.15, 0.2) is 34.2 Å². The molecule has 1 saturated carbocycles. The number of likely N-dealkylation sites (N-methyl/N-ethyl adjacent to an activating group) is 1. The van der Waals surface area contributed by atoms with Crippen molar-refractivity contribution in [2.45, 2.75) is 102 Å². The molecule has 1 aromatic heterocycles. The predicted octanol–water partition coefficient (Wildman–Crippen LogP) is 3.86. The van der Waals surface area contributed by atoms with Crippen molar-refractivity contribution in [3.05, 3.63) is 40.3 Å². The summed E-state index contributed by atoms with van der Waals surface area (Å²) in [6.07, 6.45) is 13.0. The fourth-order valence-electron chi connectivity index (χ4n) is 7.53. The summed E-state index contributed by atoms with van der Waals surface area (Å²) in [6, 6.07) is 8.91. The van der Waals surface area contributed by atoms with E-state index >= 15 is 0 Å². The largest absolute Gasteiger partial charge is 0.479 e. The molecule has 2 N–H and O–H groups in total. The van der Waals surface area contributed by atoms with Crippen molar-refractivity contribution in [1.29, 1.82) is 0 Å². The summed E-state index contributed by atoms with van der Waals surface area (Å²) < 4.78 is 1.82. The van der Waals surface area contributed by atoms with Gasteiger partial charge in [0.25, 0.3) is 11.5 Å². The lowest BCUT2D eigenvalue weighted by atomic mass is 9.76. The van der Waals surface area contributed by atoms with Gasteiger partial charge in [-0.3, -0.25) is 14.5 Å². The van der Waals surface area contributed by atoms with Crippen LogP contribution in [0.5, 0.6) is 0 Å². The van der Waals surface area contributed by atoms with Gasteiger partial charge in [-0.25, -0.2) is 9.78 Å². The minimum Gasteiger partial charge on any atom is -0.479 e. The fraction of sp³-hybridized carbons (Fsp3) is 0.633. The van der Waals surface area contributed by atoms with Crippen molar-refractivity contribution in [3.8, 4) is 0 Å². The minimum atomic E-state index is -1.24. The summed E-state index contributed by atoms with van der Waals surface area (Å²) >= 11 is 0. The first-order chi connectivity index (χ1) is 19.4. The number of aromatic nitrogens is 2. The number of carboxylic acid groups (broad SMARTS) is 1. The minimum absolute atomic E-state index is 0.0356. The SMILES string of the molecule is CCC[C@H]1CCC[C@H](N2C3CCC[C@H]2CC(n2c(=O)c(/C(=N/OCC(=O)O)C(=O)NC)nc4ccccc42)C3)C1. The molecule has 10 nitrogen and oxygen atoms in total. The number of benzene rings is 1. The second-order valence-electron chi connectivity index (χ2n) is 11.6. The molecule has 2 aromatic rings. The molecule has 2 bridgehead atoms. The number of aliphatic carboxylic acids is 1. The average Bonchev–Trinajstić information content (AvgIpc) is 2.94. The lowest BCUT2D eigenvalue weighted by molar-refractivity contribution is -0.142. The molecule has 5 atom stereocenters. The highest BCUT2D eigenvalue weighted by molar-refractivity contribution is 6.44. The highest BCUT2D eigenvalue weighted by Crippen LogP contribution is 2.44. The molecule has 2 saturated heterocycles. The van der Waals surface area contributed by atoms with Crippen LogP contribution in [0.2, 0.25) is 0 Å². The normalized spacial score (nSPS) is 27.4. The maximum absolute atomic E-state index is 14.1. The summed E-state index contributed by atoms with van der Waals surface area (Å²) in [6.45, 7) is 1.55. The van der Waals surface area contributed by atoms with Gasteiger partial charge in [0.15, 0.2) is 11.4 Å². The topological polar surface area (TPSA) is 126 Å². The Morgan fingerprint density at radius 3 is 2.40 bits per heavy atom. The van der Waals surface area contributed by atoms with Crippen LogP contribution < -0.4 is 10.9 Å². The maximum atomic E-state index is 14.1. The lowest BCUT2D eigenvalue weighted by Gasteiger charge is -2.54. The molecule has 0 spiro atoms. The van der Waals surface area contributed by atoms with E-state index in [4.69, 9.17) is 9.94 Å². The Morgan fingerprint density at radius 1 is 1.05 bits per heavy atom. The first kappa shape index (κ1) is 28.3. The standard InChI is InChI=1S/C30H41N5O5/c1-3-8-19-9-6-10-20(15-19)34-21-11-7-12-22(34)17-23(16-21)35-25-14-5-4-13-24(25)32-28(30(35)39)27(29(38)31-2)33-40-18-26(36)37/h4-5,13-14,19-23H,3,6-12,15-18H2,1-2H3,(H,31,38)(H,36,37)/b33-27-/t19-,20-,21-,22?,23?/m0/s1. The third-order valence-electron chi connectivity index (χ3n) is 9.05. The molecular formula is C30H41N5O5. The van der Waals surface area contributed by atoms with Gasteiger partial charge >= 0.3 is 5.97 Å². The van der Waals surface area contributed by atoms with Gasteiger partial charge in [-0.15, -0.1) is 0 Å². The number of carbonyl (C=O) groups excluding carboxylic acids is 1. The van der Waals surface area contributed by atoms with Gasteiger partial charge < -0.3 is 19.8 Å². The Hall–Kier alpha value is -3.27. The van der Waals surface area contributed by atoms with Crippen molar-refractivity contribution in [2.24, 2.45) is 11.1 Å². The van der Waals surface area contributed by atoms with Gasteiger partial charge in [0.05, 0.1) is 11.0 Å². The van der Waals surface area contributed by atoms with E-state index in [1.165, 1.54) is 52.0 Å². The summed E-state index contributed by atoms with van der Waals surface area (Å²) in [5.74, 6) is -1.08. The number of carboxylic acids is 1. The molecule has 5 rings (SSSR count). The number of carbonyl (C=O) groups is 2. The number of nitrogens with zero attached hydrogens (tertiary/aromatic N) is 4. The molecule has 3 fully saturated rings. The van der Waals surface area contributed by atoms with E-state index < -0.39 is 24.0 Å². The van der Waals surface area contributed by atoms with Crippen molar-refractivity contribution in [3.63, 3.8) is 0 Å². The molecule has 3 heterocycles. The molecule has 1 amide bonds. The van der Waals surface area contributed by atoms with Crippen LogP contribution in [0.25, 0.3) is 11.0 Å². The number of nitrogens with one attached hydrogen (secondary N) is 1. The Balaban J connectivity index is 1.51. The second kappa shape index (κ2) is 12.5. The predicted molar refractivity (Wildman–Crippen MR) is 152 cm³/mol. The first-order valence-corrected chi connectivity index (χ1v) is 14.8. The summed E-state index contributed by atoms with van der Waals surface area (Å²) in [5.41, 5.74) is 0.448. The van der Waals surface area contributed by atoms with Gasteiger partial charge in [0.2, 0.25) is 6.61 Å². The Labute approximate surface area is 234 Å². The van der Waals surface area contributed by atoms with E-state index in [-0.39, 0.29) is 17.4 Å². The summed E-state index contributed by atoms with van der Waals surface area (Å²) in [7, 11) is 1.42. The van der Waals surface area contributed by atoms with Crippen molar-refractivity contribution < 1.29 is 19.5 Å². The Morgan fingerprint density at radius 2 is 1.73 bits per heavy atom. The highest BCUT2D eigenvalue weighted by Gasteiger charge is 2.43. The monoisotopic (exact) mass is 551 g/mol. The van der Waals surface area contributed by atoms with Crippen molar-refractivity contribution in [2.75, 3.05) is 13.7 Å². The van der Waals surface area contributed by atoms with E-state index in [1.807, 2.05) is 28.8 Å². The van der Waals surface area contributed by atoms with Crippen molar-refractivity contribution >= 4 is 28.6 Å². The summed E-state index contributed by atoms with van der Waals surface area (Å²) in [5, 5.41) is 15.2. The van der Waals surface area contributed by atoms with E-state index in [0.29, 0.717) is 23.6 Å². The van der Waals surface area contributed by atoms with Crippen LogP contribution in [0.3, 0.4) is 0 Å². The third kappa shape index (κ3) is 5.77. The quantitative estimate of drug-likeness (QED) is 0.358. The lowest BCUT2D eigenvalue weighted by Crippen LogP contribution is -2.58. The van der Waals surface area contributed by atoms with Crippen LogP contribution in [0.1, 0.15) is 89.3 Å². The van der Waals surface area contributed by atoms with Gasteiger partial charge in [-0.05, 0) is 56.6 Å².